The molecule has 0 aromatic heterocycles. The molecular formula is C15H9F4NO. The van der Waals surface area contributed by atoms with E-state index in [1.807, 2.05) is 0 Å². The predicted octanol–water partition coefficient (Wildman–Crippen LogP) is 4.82. The Bertz CT molecular complexity index is 717. The highest BCUT2D eigenvalue weighted by molar-refractivity contribution is 5.45. The van der Waals surface area contributed by atoms with Gasteiger partial charge in [-0.3, -0.25) is 0 Å². The van der Waals surface area contributed by atoms with Crippen molar-refractivity contribution in [2.45, 2.75) is 13.1 Å². The lowest BCUT2D eigenvalue weighted by Crippen LogP contribution is -2.08. The molecule has 108 valence electrons. The van der Waals surface area contributed by atoms with Crippen molar-refractivity contribution in [3.05, 3.63) is 58.9 Å². The monoisotopic (exact) mass is 295 g/mol. The van der Waals surface area contributed by atoms with Gasteiger partial charge >= 0.3 is 6.18 Å². The normalized spacial score (nSPS) is 11.0. The molecule has 0 saturated carbocycles. The molecule has 0 aliphatic heterocycles. The molecule has 0 amide bonds. The van der Waals surface area contributed by atoms with Crippen LogP contribution in [0, 0.1) is 24.1 Å². The first-order chi connectivity index (χ1) is 9.81. The Morgan fingerprint density at radius 3 is 2.43 bits per heavy atom. The molecular weight excluding hydrogens is 286 g/mol. The van der Waals surface area contributed by atoms with Crippen molar-refractivity contribution in [3.8, 4) is 17.6 Å². The fourth-order valence-corrected chi connectivity index (χ4v) is 1.73. The zero-order chi connectivity index (χ0) is 15.6. The summed E-state index contributed by atoms with van der Waals surface area (Å²) in [5.41, 5.74) is -0.925. The first kappa shape index (κ1) is 14.9. The van der Waals surface area contributed by atoms with Gasteiger partial charge < -0.3 is 4.74 Å². The van der Waals surface area contributed by atoms with Gasteiger partial charge in [-0.25, -0.2) is 4.39 Å². The van der Waals surface area contributed by atoms with Crippen LogP contribution in [0.5, 0.6) is 11.5 Å². The van der Waals surface area contributed by atoms with E-state index in [0.29, 0.717) is 11.6 Å². The van der Waals surface area contributed by atoms with Gasteiger partial charge in [0.25, 0.3) is 0 Å². The Balaban J connectivity index is 2.42. The quantitative estimate of drug-likeness (QED) is 0.744. The molecule has 0 fully saturated rings. The molecule has 2 aromatic rings. The molecule has 6 heteroatoms. The maximum Gasteiger partial charge on any atom is 0.417 e. The van der Waals surface area contributed by atoms with E-state index in [9.17, 15) is 17.6 Å². The van der Waals surface area contributed by atoms with Gasteiger partial charge in [0.2, 0.25) is 0 Å². The minimum absolute atomic E-state index is 0.173. The highest BCUT2D eigenvalue weighted by atomic mass is 19.4. The molecule has 0 spiro atoms. The Morgan fingerprint density at radius 2 is 1.81 bits per heavy atom. The van der Waals surface area contributed by atoms with E-state index in [2.05, 4.69) is 0 Å². The number of nitrogens with zero attached hydrogens (tertiary/aromatic N) is 1. The summed E-state index contributed by atoms with van der Waals surface area (Å²) in [6.45, 7) is 1.70. The second-order valence-corrected chi connectivity index (χ2v) is 4.35. The third kappa shape index (κ3) is 3.31. The zero-order valence-electron chi connectivity index (χ0n) is 10.8. The van der Waals surface area contributed by atoms with Crippen molar-refractivity contribution >= 4 is 0 Å². The molecule has 2 rings (SSSR count). The molecule has 0 heterocycles. The van der Waals surface area contributed by atoms with Gasteiger partial charge in [-0.1, -0.05) is 6.07 Å². The van der Waals surface area contributed by atoms with Crippen LogP contribution in [0.4, 0.5) is 17.6 Å². The Morgan fingerprint density at radius 1 is 1.10 bits per heavy atom. The third-order valence-corrected chi connectivity index (χ3v) is 2.73. The number of hydrogen-bond acceptors (Lipinski definition) is 2. The number of hydrogen-bond donors (Lipinski definition) is 0. The number of aryl methyl sites for hydroxylation is 1. The van der Waals surface area contributed by atoms with E-state index in [1.54, 1.807) is 6.92 Å². The van der Waals surface area contributed by atoms with E-state index in [1.165, 1.54) is 30.3 Å². The lowest BCUT2D eigenvalue weighted by Gasteiger charge is -2.12. The number of ether oxygens (including phenoxy) is 1. The molecule has 0 atom stereocenters. The Kier molecular flexibility index (Phi) is 3.85. The van der Waals surface area contributed by atoms with Gasteiger partial charge in [0, 0.05) is 0 Å². The van der Waals surface area contributed by atoms with Crippen molar-refractivity contribution in [2.24, 2.45) is 0 Å². The Hall–Kier alpha value is -2.55. The number of benzene rings is 2. The van der Waals surface area contributed by atoms with Gasteiger partial charge in [0.05, 0.1) is 17.2 Å². The number of alkyl halides is 3. The van der Waals surface area contributed by atoms with Crippen LogP contribution in [-0.2, 0) is 6.18 Å². The maximum atomic E-state index is 13.5. The predicted molar refractivity (Wildman–Crippen MR) is 67.4 cm³/mol. The second-order valence-electron chi connectivity index (χ2n) is 4.35. The van der Waals surface area contributed by atoms with Crippen LogP contribution in [0.15, 0.2) is 36.4 Å². The van der Waals surface area contributed by atoms with Crippen LogP contribution in [0.3, 0.4) is 0 Å². The molecule has 0 N–H and O–H groups in total. The summed E-state index contributed by atoms with van der Waals surface area (Å²) in [7, 11) is 0. The average Bonchev–Trinajstić information content (AvgIpc) is 2.42. The molecule has 2 nitrogen and oxygen atoms in total. The molecule has 0 aliphatic rings. The van der Waals surface area contributed by atoms with E-state index in [4.69, 9.17) is 10.00 Å². The van der Waals surface area contributed by atoms with Gasteiger partial charge in [-0.15, -0.1) is 0 Å². The van der Waals surface area contributed by atoms with Crippen molar-refractivity contribution in [1.29, 1.82) is 5.26 Å². The number of halogens is 4. The van der Waals surface area contributed by atoms with Crippen molar-refractivity contribution in [2.75, 3.05) is 0 Å². The van der Waals surface area contributed by atoms with Crippen LogP contribution in [-0.4, -0.2) is 0 Å². The molecule has 2 aromatic carbocycles. The third-order valence-electron chi connectivity index (χ3n) is 2.73. The second kappa shape index (κ2) is 5.44. The smallest absolute Gasteiger partial charge is 0.417 e. The zero-order valence-corrected chi connectivity index (χ0v) is 10.8. The van der Waals surface area contributed by atoms with Crippen LogP contribution >= 0.6 is 0 Å². The summed E-state index contributed by atoms with van der Waals surface area (Å²) in [6, 6.07) is 8.38. The first-order valence-corrected chi connectivity index (χ1v) is 5.86. The summed E-state index contributed by atoms with van der Waals surface area (Å²) in [5, 5.41) is 8.69. The molecule has 0 unspecified atom stereocenters. The van der Waals surface area contributed by atoms with Crippen LogP contribution in [0.1, 0.15) is 16.7 Å². The molecule has 0 saturated heterocycles. The highest BCUT2D eigenvalue weighted by Gasteiger charge is 2.34. The van der Waals surface area contributed by atoms with E-state index in [-0.39, 0.29) is 11.5 Å². The number of nitriles is 1. The van der Waals surface area contributed by atoms with Gasteiger partial charge in [0.15, 0.2) is 11.6 Å². The van der Waals surface area contributed by atoms with Crippen molar-refractivity contribution in [1.82, 2.24) is 0 Å². The largest absolute Gasteiger partial charge is 0.454 e. The fraction of sp³-hybridized carbons (Fsp3) is 0.133. The van der Waals surface area contributed by atoms with Crippen LogP contribution < -0.4 is 4.74 Å². The van der Waals surface area contributed by atoms with E-state index >= 15 is 0 Å². The van der Waals surface area contributed by atoms with Gasteiger partial charge in [-0.05, 0) is 42.8 Å². The first-order valence-electron chi connectivity index (χ1n) is 5.86. The summed E-state index contributed by atoms with van der Waals surface area (Å²) >= 11 is 0. The topological polar surface area (TPSA) is 33.0 Å². The van der Waals surface area contributed by atoms with Crippen molar-refractivity contribution in [3.63, 3.8) is 0 Å². The summed E-state index contributed by atoms with van der Waals surface area (Å²) < 4.78 is 57.1. The lowest BCUT2D eigenvalue weighted by molar-refractivity contribution is -0.137. The molecule has 0 radical (unpaired) electrons. The fourth-order valence-electron chi connectivity index (χ4n) is 1.73. The SMILES string of the molecule is Cc1ccc(F)c(Oc2ccc(C#N)c(C(F)(F)F)c2)c1. The summed E-state index contributed by atoms with van der Waals surface area (Å²) in [4.78, 5) is 0. The van der Waals surface area contributed by atoms with Crippen molar-refractivity contribution < 1.29 is 22.3 Å². The summed E-state index contributed by atoms with van der Waals surface area (Å²) in [6.07, 6.45) is -4.68. The number of rotatable bonds is 2. The standard InChI is InChI=1S/C15H9F4NO/c1-9-2-5-13(16)14(6-9)21-11-4-3-10(8-20)12(7-11)15(17,18)19/h2-7H,1H3. The summed E-state index contributed by atoms with van der Waals surface area (Å²) in [5.74, 6) is -1.04. The van der Waals surface area contributed by atoms with E-state index in [0.717, 1.165) is 6.07 Å². The Labute approximate surface area is 118 Å². The lowest BCUT2D eigenvalue weighted by atomic mass is 10.1. The van der Waals surface area contributed by atoms with Crippen LogP contribution in [0.2, 0.25) is 0 Å². The highest BCUT2D eigenvalue weighted by Crippen LogP contribution is 2.35. The molecule has 21 heavy (non-hydrogen) atoms. The van der Waals surface area contributed by atoms with Gasteiger partial charge in [-0.2, -0.15) is 18.4 Å². The molecule has 0 bridgehead atoms. The minimum Gasteiger partial charge on any atom is -0.454 e. The van der Waals surface area contributed by atoms with Crippen LogP contribution in [0.25, 0.3) is 0 Å². The maximum absolute atomic E-state index is 13.5. The van der Waals surface area contributed by atoms with E-state index < -0.39 is 23.1 Å². The molecule has 0 aliphatic carbocycles. The average molecular weight is 295 g/mol. The minimum atomic E-state index is -4.68. The van der Waals surface area contributed by atoms with Gasteiger partial charge in [0.1, 0.15) is 5.75 Å².